The Morgan fingerprint density at radius 1 is 1.33 bits per heavy atom. The fourth-order valence-corrected chi connectivity index (χ4v) is 4.26. The molecule has 0 spiro atoms. The van der Waals surface area contributed by atoms with Gasteiger partial charge in [0.2, 0.25) is 15.9 Å². The lowest BCUT2D eigenvalue weighted by Crippen LogP contribution is -2.31. The Morgan fingerprint density at radius 2 is 2.14 bits per heavy atom. The number of aliphatic hydroxyl groups is 1. The second-order valence-electron chi connectivity index (χ2n) is 4.12. The Balaban J connectivity index is 2.11. The van der Waals surface area contributed by atoms with Crippen molar-refractivity contribution in [3.63, 3.8) is 0 Å². The minimum atomic E-state index is -3.49. The first-order valence-corrected chi connectivity index (χ1v) is 10.1. The maximum atomic E-state index is 11.8. The molecule has 0 unspecified atom stereocenters. The van der Waals surface area contributed by atoms with Crippen molar-refractivity contribution in [2.45, 2.75) is 17.1 Å². The van der Waals surface area contributed by atoms with Gasteiger partial charge in [-0.15, -0.1) is 11.3 Å². The van der Waals surface area contributed by atoms with Crippen LogP contribution in [0, 0.1) is 0 Å². The highest BCUT2D eigenvalue weighted by Gasteiger charge is 2.14. The van der Waals surface area contributed by atoms with Crippen LogP contribution in [0.1, 0.15) is 12.8 Å². The topological polar surface area (TPSA) is 95.5 Å². The van der Waals surface area contributed by atoms with Crippen molar-refractivity contribution in [3.8, 4) is 0 Å². The molecule has 6 nitrogen and oxygen atoms in total. The number of amides is 1. The van der Waals surface area contributed by atoms with Crippen LogP contribution in [-0.4, -0.2) is 50.6 Å². The van der Waals surface area contributed by atoms with E-state index >= 15 is 0 Å². The molecule has 0 atom stereocenters. The minimum absolute atomic E-state index is 0.0870. The van der Waals surface area contributed by atoms with Gasteiger partial charge in [0.05, 0.1) is 0 Å². The zero-order valence-corrected chi connectivity index (χ0v) is 14.0. The maximum absolute atomic E-state index is 11.8. The molecular formula is C12H20N2O4S3. The summed E-state index contributed by atoms with van der Waals surface area (Å²) >= 11 is 2.80. The predicted octanol–water partition coefficient (Wildman–Crippen LogP) is 0.648. The Hall–Kier alpha value is -0.610. The summed E-state index contributed by atoms with van der Waals surface area (Å²) in [5.41, 5.74) is 0. The first kappa shape index (κ1) is 18.4. The molecule has 0 aliphatic heterocycles. The number of thioether (sulfide) groups is 1. The third kappa shape index (κ3) is 7.82. The summed E-state index contributed by atoms with van der Waals surface area (Å²) in [6.07, 6.45) is 0.870. The van der Waals surface area contributed by atoms with E-state index in [0.717, 1.165) is 29.3 Å². The van der Waals surface area contributed by atoms with Crippen molar-refractivity contribution < 1.29 is 18.3 Å². The van der Waals surface area contributed by atoms with Crippen LogP contribution in [0.3, 0.4) is 0 Å². The summed E-state index contributed by atoms with van der Waals surface area (Å²) in [6.45, 7) is 0.820. The molecule has 1 rings (SSSR count). The van der Waals surface area contributed by atoms with Gasteiger partial charge in [0.1, 0.15) is 4.21 Å². The molecule has 0 bridgehead atoms. The minimum Gasteiger partial charge on any atom is -0.396 e. The second kappa shape index (κ2) is 10.2. The van der Waals surface area contributed by atoms with Gasteiger partial charge in [-0.1, -0.05) is 6.07 Å². The molecule has 0 aromatic carbocycles. The largest absolute Gasteiger partial charge is 0.396 e. The highest BCUT2D eigenvalue weighted by Crippen LogP contribution is 2.14. The van der Waals surface area contributed by atoms with Gasteiger partial charge in [-0.2, -0.15) is 11.8 Å². The van der Waals surface area contributed by atoms with E-state index in [0.29, 0.717) is 6.54 Å². The average molecular weight is 353 g/mol. The normalized spacial score (nSPS) is 11.5. The van der Waals surface area contributed by atoms with E-state index in [9.17, 15) is 13.2 Å². The maximum Gasteiger partial charge on any atom is 0.250 e. The van der Waals surface area contributed by atoms with Crippen LogP contribution in [0.25, 0.3) is 0 Å². The number of sulfonamides is 1. The lowest BCUT2D eigenvalue weighted by Gasteiger charge is -2.06. The van der Waals surface area contributed by atoms with Crippen LogP contribution in [0.4, 0.5) is 0 Å². The Bertz CT molecular complexity index is 503. The van der Waals surface area contributed by atoms with Crippen LogP contribution < -0.4 is 10.0 Å². The van der Waals surface area contributed by atoms with Gasteiger partial charge in [0.15, 0.2) is 0 Å². The van der Waals surface area contributed by atoms with Gasteiger partial charge >= 0.3 is 0 Å². The van der Waals surface area contributed by atoms with E-state index in [1.807, 2.05) is 0 Å². The van der Waals surface area contributed by atoms with Crippen molar-refractivity contribution in [2.24, 2.45) is 0 Å². The molecule has 1 aromatic heterocycles. The number of hydrogen-bond donors (Lipinski definition) is 3. The zero-order chi connectivity index (χ0) is 15.6. The van der Waals surface area contributed by atoms with Crippen LogP contribution in [0.15, 0.2) is 21.7 Å². The van der Waals surface area contributed by atoms with E-state index in [-0.39, 0.29) is 29.7 Å². The summed E-state index contributed by atoms with van der Waals surface area (Å²) in [7, 11) is -3.49. The van der Waals surface area contributed by atoms with Crippen LogP contribution in [-0.2, 0) is 14.8 Å². The van der Waals surface area contributed by atoms with Crippen molar-refractivity contribution in [3.05, 3.63) is 17.5 Å². The Morgan fingerprint density at radius 3 is 2.81 bits per heavy atom. The van der Waals surface area contributed by atoms with Gasteiger partial charge in [-0.25, -0.2) is 13.1 Å². The number of carbonyl (C=O) groups is 1. The molecule has 21 heavy (non-hydrogen) atoms. The first-order chi connectivity index (χ1) is 10.1. The molecule has 1 amide bonds. The summed E-state index contributed by atoms with van der Waals surface area (Å²) < 4.78 is 26.2. The highest BCUT2D eigenvalue weighted by atomic mass is 32.2. The average Bonchev–Trinajstić information content (AvgIpc) is 2.97. The van der Waals surface area contributed by atoms with E-state index in [2.05, 4.69) is 10.0 Å². The molecule has 0 fully saturated rings. The van der Waals surface area contributed by atoms with Gasteiger partial charge in [0, 0.05) is 31.9 Å². The summed E-state index contributed by atoms with van der Waals surface area (Å²) in [4.78, 5) is 11.5. The number of aliphatic hydroxyl groups excluding tert-OH is 1. The molecule has 3 N–H and O–H groups in total. The fourth-order valence-electron chi connectivity index (χ4n) is 1.41. The van der Waals surface area contributed by atoms with Gasteiger partial charge in [0.25, 0.3) is 0 Å². The molecule has 0 saturated heterocycles. The summed E-state index contributed by atoms with van der Waals surface area (Å²) in [5.74, 6) is 1.48. The standard InChI is InChI=1S/C12H20N2O4S3/c15-7-2-8-19-10-6-13-11(16)4-5-14-21(17,18)12-3-1-9-20-12/h1,3,9,14-15H,2,4-8,10H2,(H,13,16). The van der Waals surface area contributed by atoms with Crippen molar-refractivity contribution >= 4 is 39.0 Å². The van der Waals surface area contributed by atoms with Crippen molar-refractivity contribution in [1.29, 1.82) is 0 Å². The SMILES string of the molecule is O=C(CCNS(=O)(=O)c1cccs1)NCCSCCCO. The number of carbonyl (C=O) groups excluding carboxylic acids is 1. The predicted molar refractivity (Wildman–Crippen MR) is 86.2 cm³/mol. The Labute approximate surface area is 133 Å². The molecule has 9 heteroatoms. The molecular weight excluding hydrogens is 332 g/mol. The third-order valence-electron chi connectivity index (χ3n) is 2.42. The molecule has 0 aliphatic rings. The molecule has 0 aliphatic carbocycles. The fraction of sp³-hybridized carbons (Fsp3) is 0.583. The monoisotopic (exact) mass is 352 g/mol. The summed E-state index contributed by atoms with van der Waals surface area (Å²) in [6, 6.07) is 3.19. The number of hydrogen-bond acceptors (Lipinski definition) is 6. The zero-order valence-electron chi connectivity index (χ0n) is 11.6. The van der Waals surface area contributed by atoms with E-state index in [4.69, 9.17) is 5.11 Å². The van der Waals surface area contributed by atoms with Gasteiger partial charge in [-0.3, -0.25) is 4.79 Å². The lowest BCUT2D eigenvalue weighted by molar-refractivity contribution is -0.120. The van der Waals surface area contributed by atoms with Gasteiger partial charge in [-0.05, 0) is 23.6 Å². The Kier molecular flexibility index (Phi) is 8.93. The lowest BCUT2D eigenvalue weighted by atomic mass is 10.4. The van der Waals surface area contributed by atoms with Gasteiger partial charge < -0.3 is 10.4 Å². The van der Waals surface area contributed by atoms with E-state index < -0.39 is 10.0 Å². The summed E-state index contributed by atoms with van der Waals surface area (Å²) in [5, 5.41) is 13.0. The quantitative estimate of drug-likeness (QED) is 0.508. The first-order valence-electron chi connectivity index (χ1n) is 6.55. The van der Waals surface area contributed by atoms with Crippen molar-refractivity contribution in [1.82, 2.24) is 10.0 Å². The van der Waals surface area contributed by atoms with Crippen LogP contribution in [0.2, 0.25) is 0 Å². The van der Waals surface area contributed by atoms with Crippen LogP contribution in [0.5, 0.6) is 0 Å². The molecule has 1 heterocycles. The molecule has 0 saturated carbocycles. The molecule has 120 valence electrons. The highest BCUT2D eigenvalue weighted by molar-refractivity contribution is 7.99. The molecule has 0 radical (unpaired) electrons. The second-order valence-corrected chi connectivity index (χ2v) is 8.29. The van der Waals surface area contributed by atoms with Crippen molar-refractivity contribution in [2.75, 3.05) is 31.2 Å². The van der Waals surface area contributed by atoms with E-state index in [1.165, 1.54) is 6.07 Å². The van der Waals surface area contributed by atoms with E-state index in [1.54, 1.807) is 23.2 Å². The smallest absolute Gasteiger partial charge is 0.250 e. The number of nitrogens with one attached hydrogen (secondary N) is 2. The number of rotatable bonds is 11. The number of thiophene rings is 1. The molecule has 1 aromatic rings. The third-order valence-corrected chi connectivity index (χ3v) is 6.35. The van der Waals surface area contributed by atoms with Crippen LogP contribution >= 0.6 is 23.1 Å².